The summed E-state index contributed by atoms with van der Waals surface area (Å²) in [4.78, 5) is 15.5. The van der Waals surface area contributed by atoms with Gasteiger partial charge in [-0.05, 0) is 74.8 Å². The molecule has 0 N–H and O–H groups in total. The second kappa shape index (κ2) is 11.0. The fraction of sp³-hybridized carbons (Fsp3) is 0. The third kappa shape index (κ3) is 4.42. The molecule has 2 heterocycles. The summed E-state index contributed by atoms with van der Waals surface area (Å²) in [7, 11) is 0. The molecule has 4 heteroatoms. The summed E-state index contributed by atoms with van der Waals surface area (Å²) in [5, 5.41) is 9.48. The fourth-order valence-electron chi connectivity index (χ4n) is 7.35. The molecule has 0 radical (unpaired) electrons. The highest BCUT2D eigenvalue weighted by molar-refractivity contribution is 6.19. The van der Waals surface area contributed by atoms with Crippen molar-refractivity contribution >= 4 is 54.1 Å². The molecule has 2 aromatic heterocycles. The molecule has 0 unspecified atom stereocenters. The van der Waals surface area contributed by atoms with Gasteiger partial charge in [0.1, 0.15) is 0 Å². The van der Waals surface area contributed by atoms with Crippen LogP contribution >= 0.6 is 0 Å². The largest absolute Gasteiger partial charge is 0.309 e. The van der Waals surface area contributed by atoms with Crippen LogP contribution in [0.15, 0.2) is 170 Å². The Morgan fingerprint density at radius 3 is 1.55 bits per heavy atom. The van der Waals surface area contributed by atoms with Crippen molar-refractivity contribution in [2.24, 2.45) is 0 Å². The van der Waals surface area contributed by atoms with Crippen molar-refractivity contribution < 1.29 is 0 Å². The fourth-order valence-corrected chi connectivity index (χ4v) is 7.35. The Bertz CT molecular complexity index is 2820. The predicted octanol–water partition coefficient (Wildman–Crippen LogP) is 11.4. The lowest BCUT2D eigenvalue weighted by molar-refractivity contribution is 1.08. The Morgan fingerprint density at radius 1 is 0.327 bits per heavy atom. The van der Waals surface area contributed by atoms with Gasteiger partial charge in [-0.15, -0.1) is 0 Å². The van der Waals surface area contributed by atoms with Gasteiger partial charge in [0.15, 0.2) is 17.5 Å². The number of aromatic nitrogens is 4. The average Bonchev–Trinajstić information content (AvgIpc) is 3.51. The van der Waals surface area contributed by atoms with E-state index >= 15 is 0 Å². The Labute approximate surface area is 282 Å². The molecule has 0 saturated carbocycles. The number of fused-ring (bicyclic) bond motifs is 7. The zero-order valence-electron chi connectivity index (χ0n) is 26.5. The van der Waals surface area contributed by atoms with Crippen LogP contribution in [0.25, 0.3) is 94.0 Å². The van der Waals surface area contributed by atoms with Crippen LogP contribution in [0.1, 0.15) is 0 Å². The maximum Gasteiger partial charge on any atom is 0.165 e. The highest BCUT2D eigenvalue weighted by Crippen LogP contribution is 2.39. The first kappa shape index (κ1) is 27.5. The number of hydrogen-bond donors (Lipinski definition) is 0. The maximum absolute atomic E-state index is 5.24. The van der Waals surface area contributed by atoms with Crippen LogP contribution in [0.5, 0.6) is 0 Å². The standard InChI is InChI=1S/C45H28N4/c1-2-13-30(14-3-1)43-46-44(31-22-25-33(26-23-31)49-40-20-10-8-18-36(40)37-19-9-11-21-41(37)49)48-45(47-43)42-35-17-7-5-15-32(35)28-39-34-16-6-4-12-29(34)24-27-38(39)42/h1-28H. The first-order valence-corrected chi connectivity index (χ1v) is 16.5. The molecule has 0 aliphatic carbocycles. The van der Waals surface area contributed by atoms with Crippen molar-refractivity contribution in [3.05, 3.63) is 170 Å². The minimum Gasteiger partial charge on any atom is -0.309 e. The minimum atomic E-state index is 0.638. The number of benzene rings is 8. The lowest BCUT2D eigenvalue weighted by Gasteiger charge is -2.15. The van der Waals surface area contributed by atoms with Crippen LogP contribution in [-0.2, 0) is 0 Å². The third-order valence-electron chi connectivity index (χ3n) is 9.62. The summed E-state index contributed by atoms with van der Waals surface area (Å²) in [6.07, 6.45) is 0. The SMILES string of the molecule is c1ccc(-c2nc(-c3ccc(-n4c5ccccc5c5ccccc54)cc3)nc(-c3c4ccccc4cc4c3ccc3ccccc34)n2)cc1. The molecule has 8 aromatic carbocycles. The van der Waals surface area contributed by atoms with Gasteiger partial charge < -0.3 is 4.57 Å². The Kier molecular flexibility index (Phi) is 6.15. The molecule has 228 valence electrons. The molecule has 10 rings (SSSR count). The van der Waals surface area contributed by atoms with E-state index in [4.69, 9.17) is 15.0 Å². The van der Waals surface area contributed by atoms with Crippen LogP contribution in [0.2, 0.25) is 0 Å². The zero-order valence-corrected chi connectivity index (χ0v) is 26.5. The second-order valence-electron chi connectivity index (χ2n) is 12.4. The van der Waals surface area contributed by atoms with Gasteiger partial charge in [0.05, 0.1) is 11.0 Å². The normalized spacial score (nSPS) is 11.7. The van der Waals surface area contributed by atoms with Crippen molar-refractivity contribution in [2.75, 3.05) is 0 Å². The molecule has 0 spiro atoms. The van der Waals surface area contributed by atoms with Gasteiger partial charge in [-0.1, -0.05) is 127 Å². The van der Waals surface area contributed by atoms with Crippen LogP contribution in [0.3, 0.4) is 0 Å². The maximum atomic E-state index is 5.24. The predicted molar refractivity (Wildman–Crippen MR) is 203 cm³/mol. The van der Waals surface area contributed by atoms with Crippen LogP contribution in [0, 0.1) is 0 Å². The topological polar surface area (TPSA) is 43.6 Å². The Balaban J connectivity index is 1.20. The summed E-state index contributed by atoms with van der Waals surface area (Å²) in [6.45, 7) is 0. The van der Waals surface area contributed by atoms with E-state index in [1.807, 2.05) is 18.2 Å². The molecular formula is C45H28N4. The molecule has 0 bridgehead atoms. The Morgan fingerprint density at radius 2 is 0.857 bits per heavy atom. The van der Waals surface area contributed by atoms with Crippen molar-refractivity contribution in [1.82, 2.24) is 19.5 Å². The summed E-state index contributed by atoms with van der Waals surface area (Å²) in [6, 6.07) is 59.7. The van der Waals surface area contributed by atoms with E-state index in [9.17, 15) is 0 Å². The van der Waals surface area contributed by atoms with Crippen molar-refractivity contribution in [1.29, 1.82) is 0 Å². The van der Waals surface area contributed by atoms with Gasteiger partial charge in [-0.3, -0.25) is 0 Å². The lowest BCUT2D eigenvalue weighted by Crippen LogP contribution is -2.01. The van der Waals surface area contributed by atoms with E-state index < -0.39 is 0 Å². The number of rotatable bonds is 4. The van der Waals surface area contributed by atoms with E-state index in [2.05, 4.69) is 156 Å². The molecule has 0 fully saturated rings. The third-order valence-corrected chi connectivity index (χ3v) is 9.62. The number of nitrogens with zero attached hydrogens (tertiary/aromatic N) is 4. The molecule has 0 aliphatic rings. The van der Waals surface area contributed by atoms with Crippen molar-refractivity contribution in [2.45, 2.75) is 0 Å². The molecule has 10 aromatic rings. The van der Waals surface area contributed by atoms with E-state index in [0.717, 1.165) is 38.5 Å². The van der Waals surface area contributed by atoms with Gasteiger partial charge in [0, 0.05) is 33.2 Å². The molecular weight excluding hydrogens is 597 g/mol. The molecule has 4 nitrogen and oxygen atoms in total. The van der Waals surface area contributed by atoms with E-state index in [1.165, 1.54) is 38.0 Å². The van der Waals surface area contributed by atoms with Crippen molar-refractivity contribution in [3.8, 4) is 39.9 Å². The monoisotopic (exact) mass is 624 g/mol. The lowest BCUT2D eigenvalue weighted by atomic mass is 9.93. The number of para-hydroxylation sites is 2. The van der Waals surface area contributed by atoms with Gasteiger partial charge in [-0.25, -0.2) is 15.0 Å². The van der Waals surface area contributed by atoms with E-state index in [1.54, 1.807) is 0 Å². The van der Waals surface area contributed by atoms with Gasteiger partial charge >= 0.3 is 0 Å². The molecule has 49 heavy (non-hydrogen) atoms. The van der Waals surface area contributed by atoms with Crippen LogP contribution < -0.4 is 0 Å². The summed E-state index contributed by atoms with van der Waals surface area (Å²) >= 11 is 0. The smallest absolute Gasteiger partial charge is 0.165 e. The molecule has 0 saturated heterocycles. The highest BCUT2D eigenvalue weighted by atomic mass is 15.0. The minimum absolute atomic E-state index is 0.638. The summed E-state index contributed by atoms with van der Waals surface area (Å²) in [5.41, 5.74) is 6.35. The average molecular weight is 625 g/mol. The van der Waals surface area contributed by atoms with Gasteiger partial charge in [0.25, 0.3) is 0 Å². The second-order valence-corrected chi connectivity index (χ2v) is 12.4. The zero-order chi connectivity index (χ0) is 32.3. The quantitative estimate of drug-likeness (QED) is 0.145. The highest BCUT2D eigenvalue weighted by Gasteiger charge is 2.19. The van der Waals surface area contributed by atoms with Crippen molar-refractivity contribution in [3.63, 3.8) is 0 Å². The summed E-state index contributed by atoms with van der Waals surface area (Å²) in [5.74, 6) is 1.95. The molecule has 0 amide bonds. The first-order chi connectivity index (χ1) is 24.3. The van der Waals surface area contributed by atoms with Gasteiger partial charge in [0.2, 0.25) is 0 Å². The van der Waals surface area contributed by atoms with Gasteiger partial charge in [-0.2, -0.15) is 0 Å². The van der Waals surface area contributed by atoms with Crippen LogP contribution in [0.4, 0.5) is 0 Å². The van der Waals surface area contributed by atoms with E-state index in [-0.39, 0.29) is 0 Å². The summed E-state index contributed by atoms with van der Waals surface area (Å²) < 4.78 is 2.33. The molecule has 0 aliphatic heterocycles. The van der Waals surface area contributed by atoms with Crippen LogP contribution in [-0.4, -0.2) is 19.5 Å². The number of hydrogen-bond acceptors (Lipinski definition) is 3. The first-order valence-electron chi connectivity index (χ1n) is 16.5. The Hall–Kier alpha value is -6.65. The van der Waals surface area contributed by atoms with E-state index in [0.29, 0.717) is 17.5 Å². The molecule has 0 atom stereocenters.